The van der Waals surface area contributed by atoms with E-state index in [4.69, 9.17) is 20.3 Å². The second-order valence-corrected chi connectivity index (χ2v) is 5.23. The molecule has 0 spiro atoms. The smallest absolute Gasteiger partial charge is 0.321 e. The van der Waals surface area contributed by atoms with Crippen LogP contribution in [-0.4, -0.2) is 47.9 Å². The van der Waals surface area contributed by atoms with E-state index in [-0.39, 0.29) is 5.75 Å². The molecule has 0 amide bonds. The number of carboxylic acids is 1. The quantitative estimate of drug-likeness (QED) is 0.626. The first kappa shape index (κ1) is 17.2. The highest BCUT2D eigenvalue weighted by Crippen LogP contribution is 2.37. The van der Waals surface area contributed by atoms with Gasteiger partial charge in [0.2, 0.25) is 5.75 Å². The summed E-state index contributed by atoms with van der Waals surface area (Å²) in [6, 6.07) is 2.52. The molecule has 7 heteroatoms. The Morgan fingerprint density at radius 1 is 1.38 bits per heavy atom. The summed E-state index contributed by atoms with van der Waals surface area (Å²) in [5.41, 5.74) is 6.21. The fraction of sp³-hybridized carbons (Fsp3) is 0.357. The van der Waals surface area contributed by atoms with E-state index in [1.807, 2.05) is 12.2 Å². The summed E-state index contributed by atoms with van der Waals surface area (Å²) in [5, 5.41) is 18.4. The highest BCUT2D eigenvalue weighted by Gasteiger charge is 2.11. The minimum Gasteiger partial charge on any atom is -0.502 e. The van der Waals surface area contributed by atoms with Crippen molar-refractivity contribution in [2.45, 2.75) is 6.04 Å². The maximum absolute atomic E-state index is 10.5. The third kappa shape index (κ3) is 5.20. The van der Waals surface area contributed by atoms with Gasteiger partial charge in [-0.15, -0.1) is 0 Å². The molecular formula is C14H19NO5S. The first-order valence-corrected chi connectivity index (χ1v) is 7.32. The molecule has 1 aromatic carbocycles. The molecule has 1 aromatic rings. The summed E-state index contributed by atoms with van der Waals surface area (Å²) in [4.78, 5) is 10.5. The normalized spacial score (nSPS) is 12.3. The lowest BCUT2D eigenvalue weighted by atomic mass is 10.1. The number of hydrogen-bond donors (Lipinski definition) is 3. The molecule has 0 aliphatic heterocycles. The number of phenolic OH excluding ortho intramolecular Hbond substituents is 1. The predicted octanol–water partition coefficient (Wildman–Crippen LogP) is 1.57. The van der Waals surface area contributed by atoms with Gasteiger partial charge in [-0.3, -0.25) is 4.79 Å². The molecular weight excluding hydrogens is 294 g/mol. The topological polar surface area (TPSA) is 102 Å². The van der Waals surface area contributed by atoms with Gasteiger partial charge in [-0.25, -0.2) is 0 Å². The largest absolute Gasteiger partial charge is 0.502 e. The van der Waals surface area contributed by atoms with Crippen molar-refractivity contribution in [1.82, 2.24) is 0 Å². The standard InChI is InChI=1S/C14H19NO5S/c1-19-11-6-9(7-12(20-2)13(11)16)4-3-5-21-8-10(15)14(17)18/h3-4,6-7,10,16H,5,8,15H2,1-2H3,(H,17,18)/b4-3+. The highest BCUT2D eigenvalue weighted by molar-refractivity contribution is 7.99. The third-order valence-corrected chi connectivity index (χ3v) is 3.66. The molecule has 0 radical (unpaired) electrons. The van der Waals surface area contributed by atoms with Gasteiger partial charge in [0.25, 0.3) is 0 Å². The number of carbonyl (C=O) groups is 1. The Kier molecular flexibility index (Phi) is 6.90. The van der Waals surface area contributed by atoms with E-state index in [2.05, 4.69) is 0 Å². The minimum atomic E-state index is -1.00. The number of ether oxygens (including phenoxy) is 2. The van der Waals surface area contributed by atoms with Gasteiger partial charge in [0.1, 0.15) is 6.04 Å². The van der Waals surface area contributed by atoms with Crippen LogP contribution >= 0.6 is 11.8 Å². The molecule has 0 heterocycles. The fourth-order valence-corrected chi connectivity index (χ4v) is 2.29. The fourth-order valence-electron chi connectivity index (χ4n) is 1.53. The number of rotatable bonds is 8. The maximum atomic E-state index is 10.5. The van der Waals surface area contributed by atoms with Crippen molar-refractivity contribution in [1.29, 1.82) is 0 Å². The summed E-state index contributed by atoms with van der Waals surface area (Å²) >= 11 is 1.43. The van der Waals surface area contributed by atoms with E-state index in [0.29, 0.717) is 23.0 Å². The lowest BCUT2D eigenvalue weighted by Gasteiger charge is -2.09. The van der Waals surface area contributed by atoms with Crippen LogP contribution in [0.25, 0.3) is 6.08 Å². The lowest BCUT2D eigenvalue weighted by molar-refractivity contribution is -0.137. The molecule has 21 heavy (non-hydrogen) atoms. The number of thioether (sulfide) groups is 1. The van der Waals surface area contributed by atoms with Crippen LogP contribution in [0.3, 0.4) is 0 Å². The average molecular weight is 313 g/mol. The van der Waals surface area contributed by atoms with Crippen molar-refractivity contribution < 1.29 is 24.5 Å². The van der Waals surface area contributed by atoms with Gasteiger partial charge in [0, 0.05) is 11.5 Å². The van der Waals surface area contributed by atoms with Crippen LogP contribution in [0.1, 0.15) is 5.56 Å². The van der Waals surface area contributed by atoms with Crippen LogP contribution in [-0.2, 0) is 4.79 Å². The Balaban J connectivity index is 2.62. The Bertz CT molecular complexity index is 493. The molecule has 6 nitrogen and oxygen atoms in total. The molecule has 0 saturated heterocycles. The van der Waals surface area contributed by atoms with Crippen LogP contribution in [0.2, 0.25) is 0 Å². The predicted molar refractivity (Wildman–Crippen MR) is 83.2 cm³/mol. The number of aromatic hydroxyl groups is 1. The number of nitrogens with two attached hydrogens (primary N) is 1. The lowest BCUT2D eigenvalue weighted by Crippen LogP contribution is -2.32. The zero-order valence-corrected chi connectivity index (χ0v) is 12.7. The molecule has 4 N–H and O–H groups in total. The Morgan fingerprint density at radius 3 is 2.43 bits per heavy atom. The average Bonchev–Trinajstić information content (AvgIpc) is 2.47. The van der Waals surface area contributed by atoms with Crippen molar-refractivity contribution in [2.24, 2.45) is 5.73 Å². The van der Waals surface area contributed by atoms with Gasteiger partial charge in [-0.05, 0) is 17.7 Å². The van der Waals surface area contributed by atoms with Gasteiger partial charge >= 0.3 is 5.97 Å². The van der Waals surface area contributed by atoms with Crippen molar-refractivity contribution in [3.05, 3.63) is 23.8 Å². The summed E-state index contributed by atoms with van der Waals surface area (Å²) in [6.45, 7) is 0. The Morgan fingerprint density at radius 2 is 1.95 bits per heavy atom. The molecule has 1 unspecified atom stereocenters. The summed E-state index contributed by atoms with van der Waals surface area (Å²) < 4.78 is 10.1. The SMILES string of the molecule is COc1cc(/C=C/CSCC(N)C(=O)O)cc(OC)c1O. The number of aliphatic carboxylic acids is 1. The molecule has 0 saturated carbocycles. The molecule has 0 bridgehead atoms. The van der Waals surface area contributed by atoms with Crippen LogP contribution in [0.5, 0.6) is 17.2 Å². The van der Waals surface area contributed by atoms with E-state index < -0.39 is 12.0 Å². The van der Waals surface area contributed by atoms with E-state index >= 15 is 0 Å². The van der Waals surface area contributed by atoms with Gasteiger partial charge in [0.15, 0.2) is 11.5 Å². The molecule has 0 fully saturated rings. The third-order valence-electron chi connectivity index (χ3n) is 2.64. The van der Waals surface area contributed by atoms with Gasteiger partial charge in [-0.1, -0.05) is 12.2 Å². The van der Waals surface area contributed by atoms with E-state index in [1.54, 1.807) is 12.1 Å². The number of benzene rings is 1. The number of methoxy groups -OCH3 is 2. The minimum absolute atomic E-state index is 0.0426. The van der Waals surface area contributed by atoms with Crippen LogP contribution in [0, 0.1) is 0 Å². The van der Waals surface area contributed by atoms with E-state index in [9.17, 15) is 9.90 Å². The van der Waals surface area contributed by atoms with Crippen molar-refractivity contribution >= 4 is 23.8 Å². The zero-order valence-electron chi connectivity index (χ0n) is 11.9. The monoisotopic (exact) mass is 313 g/mol. The Hall–Kier alpha value is -1.86. The zero-order chi connectivity index (χ0) is 15.8. The number of carboxylic acid groups (broad SMARTS) is 1. The summed E-state index contributed by atoms with van der Waals surface area (Å²) in [6.07, 6.45) is 3.72. The molecule has 1 atom stereocenters. The van der Waals surface area contributed by atoms with Gasteiger partial charge in [0.05, 0.1) is 14.2 Å². The van der Waals surface area contributed by atoms with Crippen LogP contribution in [0.15, 0.2) is 18.2 Å². The molecule has 0 aliphatic carbocycles. The molecule has 116 valence electrons. The molecule has 0 aromatic heterocycles. The van der Waals surface area contributed by atoms with Crippen molar-refractivity contribution in [3.8, 4) is 17.2 Å². The summed E-state index contributed by atoms with van der Waals surface area (Å²) in [7, 11) is 2.93. The first-order valence-electron chi connectivity index (χ1n) is 6.17. The Labute approximate surface area is 127 Å². The van der Waals surface area contributed by atoms with Crippen molar-refractivity contribution in [2.75, 3.05) is 25.7 Å². The molecule has 1 rings (SSSR count). The first-order chi connectivity index (χ1) is 9.99. The van der Waals surface area contributed by atoms with Crippen molar-refractivity contribution in [3.63, 3.8) is 0 Å². The maximum Gasteiger partial charge on any atom is 0.321 e. The summed E-state index contributed by atoms with van der Waals surface area (Å²) in [5.74, 6) is 0.594. The second-order valence-electron chi connectivity index (χ2n) is 4.16. The van der Waals surface area contributed by atoms with Crippen LogP contribution in [0.4, 0.5) is 0 Å². The number of hydrogen-bond acceptors (Lipinski definition) is 6. The number of phenols is 1. The van der Waals surface area contributed by atoms with Crippen LogP contribution < -0.4 is 15.2 Å². The van der Waals surface area contributed by atoms with Gasteiger partial charge < -0.3 is 25.4 Å². The van der Waals surface area contributed by atoms with Gasteiger partial charge in [-0.2, -0.15) is 11.8 Å². The highest BCUT2D eigenvalue weighted by atomic mass is 32.2. The van der Waals surface area contributed by atoms with E-state index in [1.165, 1.54) is 26.0 Å². The van der Waals surface area contributed by atoms with E-state index in [0.717, 1.165) is 5.56 Å². The molecule has 0 aliphatic rings. The second kappa shape index (κ2) is 8.43.